The van der Waals surface area contributed by atoms with Gasteiger partial charge in [0.25, 0.3) is 0 Å². The van der Waals surface area contributed by atoms with Gasteiger partial charge < -0.3 is 14.6 Å². The van der Waals surface area contributed by atoms with Crippen molar-refractivity contribution in [2.24, 2.45) is 17.8 Å². The van der Waals surface area contributed by atoms with E-state index in [-0.39, 0.29) is 18.4 Å². The van der Waals surface area contributed by atoms with Gasteiger partial charge in [-0.25, -0.2) is 0 Å². The van der Waals surface area contributed by atoms with Crippen LogP contribution in [0.5, 0.6) is 11.5 Å². The Labute approximate surface area is 219 Å². The van der Waals surface area contributed by atoms with Crippen LogP contribution in [0.3, 0.4) is 0 Å². The molecule has 0 saturated carbocycles. The molecule has 1 aliphatic rings. The van der Waals surface area contributed by atoms with Gasteiger partial charge in [-0.1, -0.05) is 72.6 Å². The number of aryl methyl sites for hydroxylation is 2. The first-order valence-corrected chi connectivity index (χ1v) is 14.2. The van der Waals surface area contributed by atoms with Gasteiger partial charge in [0.15, 0.2) is 0 Å². The highest BCUT2D eigenvalue weighted by molar-refractivity contribution is 5.78. The molecule has 0 aliphatic carbocycles. The summed E-state index contributed by atoms with van der Waals surface area (Å²) < 4.78 is 11.9. The zero-order chi connectivity index (χ0) is 26.7. The van der Waals surface area contributed by atoms with E-state index in [9.17, 15) is 9.59 Å². The van der Waals surface area contributed by atoms with Crippen molar-refractivity contribution in [3.63, 3.8) is 0 Å². The van der Waals surface area contributed by atoms with E-state index in [0.29, 0.717) is 5.75 Å². The summed E-state index contributed by atoms with van der Waals surface area (Å²) in [6.07, 6.45) is 13.1. The topological polar surface area (TPSA) is 72.8 Å². The van der Waals surface area contributed by atoms with E-state index in [4.69, 9.17) is 14.6 Å². The first kappa shape index (κ1) is 30.2. The number of carboxylic acid groups (broad SMARTS) is 1. The van der Waals surface area contributed by atoms with Crippen molar-refractivity contribution in [2.75, 3.05) is 0 Å². The van der Waals surface area contributed by atoms with E-state index >= 15 is 0 Å². The molecular weight excluding hydrogens is 452 g/mol. The smallest absolute Gasteiger partial charge is 0.311 e. The van der Waals surface area contributed by atoms with Gasteiger partial charge in [0, 0.05) is 0 Å². The number of hydrogen-bond donors (Lipinski definition) is 1. The molecule has 1 aliphatic heterocycles. The first-order chi connectivity index (χ1) is 17.0. The number of carbonyl (C=O) groups is 2. The van der Waals surface area contributed by atoms with Crippen LogP contribution in [0.2, 0.25) is 0 Å². The highest BCUT2D eigenvalue weighted by atomic mass is 16.5. The predicted octanol–water partition coefficient (Wildman–Crippen LogP) is 8.29. The molecule has 0 spiro atoms. The average molecular weight is 503 g/mol. The number of hydrogen-bond acceptors (Lipinski definition) is 4. The van der Waals surface area contributed by atoms with Crippen LogP contribution in [0.15, 0.2) is 12.1 Å². The highest BCUT2D eigenvalue weighted by Gasteiger charge is 2.32. The minimum atomic E-state index is -1.00. The zero-order valence-corrected chi connectivity index (χ0v) is 23.7. The Kier molecular flexibility index (Phi) is 12.3. The van der Waals surface area contributed by atoms with E-state index in [0.717, 1.165) is 53.9 Å². The Hall–Kier alpha value is -2.04. The molecule has 36 heavy (non-hydrogen) atoms. The standard InChI is InChI=1S/C31H50O5/c1-22(2)10-7-11-23(3)12-8-13-24(4)14-9-18-31(6)19-17-26-21-27(20-25(5)30(26)36-31)35-29(34)16-15-28(32)33/h20-24H,7-19H2,1-6H3,(H,32,33). The summed E-state index contributed by atoms with van der Waals surface area (Å²) in [6, 6.07) is 3.68. The van der Waals surface area contributed by atoms with Crippen LogP contribution in [0.25, 0.3) is 0 Å². The molecule has 5 heteroatoms. The van der Waals surface area contributed by atoms with Gasteiger partial charge in [0.2, 0.25) is 0 Å². The van der Waals surface area contributed by atoms with Gasteiger partial charge >= 0.3 is 11.9 Å². The molecule has 0 radical (unpaired) electrons. The number of esters is 1. The maximum absolute atomic E-state index is 11.9. The van der Waals surface area contributed by atoms with Crippen molar-refractivity contribution < 1.29 is 24.2 Å². The van der Waals surface area contributed by atoms with E-state index in [1.807, 2.05) is 19.1 Å². The Morgan fingerprint density at radius 2 is 1.58 bits per heavy atom. The summed E-state index contributed by atoms with van der Waals surface area (Å²) in [5.41, 5.74) is 1.85. The second-order valence-corrected chi connectivity index (χ2v) is 12.0. The third kappa shape index (κ3) is 10.9. The second kappa shape index (κ2) is 14.6. The maximum Gasteiger partial charge on any atom is 0.311 e. The summed E-state index contributed by atoms with van der Waals surface area (Å²) in [7, 11) is 0. The van der Waals surface area contributed by atoms with E-state index < -0.39 is 11.9 Å². The summed E-state index contributed by atoms with van der Waals surface area (Å²) in [6.45, 7) is 13.6. The molecular formula is C31H50O5. The summed E-state index contributed by atoms with van der Waals surface area (Å²) in [5.74, 6) is 2.29. The number of ether oxygens (including phenoxy) is 2. The maximum atomic E-state index is 11.9. The molecule has 204 valence electrons. The number of aliphatic carboxylic acids is 1. The van der Waals surface area contributed by atoms with Crippen molar-refractivity contribution in [3.8, 4) is 11.5 Å². The fourth-order valence-corrected chi connectivity index (χ4v) is 5.27. The fraction of sp³-hybridized carbons (Fsp3) is 0.742. The summed E-state index contributed by atoms with van der Waals surface area (Å²) in [5, 5.41) is 8.74. The first-order valence-electron chi connectivity index (χ1n) is 14.2. The Bertz CT molecular complexity index is 846. The van der Waals surface area contributed by atoms with Crippen LogP contribution in [0, 0.1) is 24.7 Å². The van der Waals surface area contributed by atoms with Crippen LogP contribution < -0.4 is 9.47 Å². The Balaban J connectivity index is 1.75. The van der Waals surface area contributed by atoms with Crippen LogP contribution in [-0.2, 0) is 16.0 Å². The molecule has 0 saturated heterocycles. The third-order valence-corrected chi connectivity index (χ3v) is 7.65. The van der Waals surface area contributed by atoms with E-state index in [2.05, 4.69) is 34.6 Å². The number of rotatable bonds is 16. The summed E-state index contributed by atoms with van der Waals surface area (Å²) >= 11 is 0. The SMILES string of the molecule is Cc1cc(OC(=O)CCC(=O)O)cc2c1OC(C)(CCCC(C)CCCC(C)CCCC(C)C)CC2. The second-order valence-electron chi connectivity index (χ2n) is 12.0. The van der Waals surface area contributed by atoms with Crippen LogP contribution in [0.4, 0.5) is 0 Å². The van der Waals surface area contributed by atoms with Crippen LogP contribution in [0.1, 0.15) is 123 Å². The van der Waals surface area contributed by atoms with Crippen molar-refractivity contribution in [1.29, 1.82) is 0 Å². The fourth-order valence-electron chi connectivity index (χ4n) is 5.27. The predicted molar refractivity (Wildman–Crippen MR) is 146 cm³/mol. The monoisotopic (exact) mass is 502 g/mol. The lowest BCUT2D eigenvalue weighted by Crippen LogP contribution is -2.36. The molecule has 0 amide bonds. The van der Waals surface area contributed by atoms with E-state index in [1.54, 1.807) is 0 Å². The number of carboxylic acids is 1. The molecule has 0 fully saturated rings. The van der Waals surface area contributed by atoms with Crippen LogP contribution in [-0.4, -0.2) is 22.6 Å². The number of carbonyl (C=O) groups excluding carboxylic acids is 1. The van der Waals surface area contributed by atoms with Crippen molar-refractivity contribution in [2.45, 2.75) is 131 Å². The molecule has 1 heterocycles. The quantitative estimate of drug-likeness (QED) is 0.182. The van der Waals surface area contributed by atoms with Gasteiger partial charge in [-0.15, -0.1) is 0 Å². The number of benzene rings is 1. The lowest BCUT2D eigenvalue weighted by Gasteiger charge is -2.37. The third-order valence-electron chi connectivity index (χ3n) is 7.65. The number of fused-ring (bicyclic) bond motifs is 1. The lowest BCUT2D eigenvalue weighted by molar-refractivity contribution is -0.142. The molecule has 1 N–H and O–H groups in total. The molecule has 5 nitrogen and oxygen atoms in total. The molecule has 3 atom stereocenters. The van der Waals surface area contributed by atoms with Crippen molar-refractivity contribution in [1.82, 2.24) is 0 Å². The minimum Gasteiger partial charge on any atom is -0.487 e. The highest BCUT2D eigenvalue weighted by Crippen LogP contribution is 2.40. The Morgan fingerprint density at radius 1 is 0.972 bits per heavy atom. The van der Waals surface area contributed by atoms with Gasteiger partial charge in [-0.3, -0.25) is 9.59 Å². The minimum absolute atomic E-state index is 0.129. The Morgan fingerprint density at radius 3 is 2.19 bits per heavy atom. The largest absolute Gasteiger partial charge is 0.487 e. The van der Waals surface area contributed by atoms with Crippen molar-refractivity contribution in [3.05, 3.63) is 23.3 Å². The van der Waals surface area contributed by atoms with Gasteiger partial charge in [0.05, 0.1) is 12.8 Å². The van der Waals surface area contributed by atoms with Gasteiger partial charge in [-0.2, -0.15) is 0 Å². The molecule has 1 aromatic carbocycles. The van der Waals surface area contributed by atoms with E-state index in [1.165, 1.54) is 51.4 Å². The lowest BCUT2D eigenvalue weighted by atomic mass is 9.85. The van der Waals surface area contributed by atoms with Gasteiger partial charge in [-0.05, 0) is 80.5 Å². The normalized spacial score (nSPS) is 18.9. The molecule has 0 aromatic heterocycles. The average Bonchev–Trinajstić information content (AvgIpc) is 2.78. The molecule has 3 unspecified atom stereocenters. The molecule has 1 aromatic rings. The van der Waals surface area contributed by atoms with Gasteiger partial charge in [0.1, 0.15) is 17.1 Å². The molecule has 2 rings (SSSR count). The van der Waals surface area contributed by atoms with Crippen molar-refractivity contribution >= 4 is 11.9 Å². The van der Waals surface area contributed by atoms with Crippen LogP contribution >= 0.6 is 0 Å². The summed E-state index contributed by atoms with van der Waals surface area (Å²) in [4.78, 5) is 22.6. The zero-order valence-electron chi connectivity index (χ0n) is 23.7. The molecule has 0 bridgehead atoms.